The summed E-state index contributed by atoms with van der Waals surface area (Å²) in [4.78, 5) is 25.1. The smallest absolute Gasteiger partial charge is 0.346 e. The van der Waals surface area contributed by atoms with Gasteiger partial charge in [0.15, 0.2) is 5.82 Å². The molecule has 1 saturated carbocycles. The highest BCUT2D eigenvalue weighted by atomic mass is 16.5. The number of hydrogen-bond acceptors (Lipinski definition) is 5. The number of hydrogen-bond donors (Lipinski definition) is 1. The molecule has 3 aromatic rings. The van der Waals surface area contributed by atoms with Crippen LogP contribution in [-0.2, 0) is 17.8 Å². The summed E-state index contributed by atoms with van der Waals surface area (Å²) >= 11 is 0. The van der Waals surface area contributed by atoms with Crippen molar-refractivity contribution >= 4 is 5.91 Å². The van der Waals surface area contributed by atoms with Crippen LogP contribution in [0.15, 0.2) is 53.3 Å². The summed E-state index contributed by atoms with van der Waals surface area (Å²) in [5.74, 6) is 2.16. The van der Waals surface area contributed by atoms with Crippen LogP contribution in [0.1, 0.15) is 30.9 Å². The summed E-state index contributed by atoms with van der Waals surface area (Å²) < 4.78 is 13.6. The minimum atomic E-state index is -0.134. The lowest BCUT2D eigenvalue weighted by Gasteiger charge is -2.06. The quantitative estimate of drug-likeness (QED) is 0.528. The van der Waals surface area contributed by atoms with Gasteiger partial charge in [0.2, 0.25) is 5.91 Å². The number of nitrogens with zero attached hydrogens (tertiary/aromatic N) is 3. The molecule has 0 radical (unpaired) electrons. The van der Waals surface area contributed by atoms with Gasteiger partial charge in [-0.2, -0.15) is 0 Å². The lowest BCUT2D eigenvalue weighted by Crippen LogP contribution is -2.32. The van der Waals surface area contributed by atoms with Crippen LogP contribution in [0.3, 0.4) is 0 Å². The summed E-state index contributed by atoms with van der Waals surface area (Å²) in [6, 6.07) is 15.4. The summed E-state index contributed by atoms with van der Waals surface area (Å²) in [7, 11) is 3.25. The lowest BCUT2D eigenvalue weighted by molar-refractivity contribution is -0.121. The Bertz CT molecular complexity index is 1110. The van der Waals surface area contributed by atoms with Crippen molar-refractivity contribution in [2.24, 2.45) is 0 Å². The first kappa shape index (κ1) is 21.7. The van der Waals surface area contributed by atoms with Crippen molar-refractivity contribution in [1.82, 2.24) is 19.7 Å². The van der Waals surface area contributed by atoms with Gasteiger partial charge in [0.25, 0.3) is 0 Å². The van der Waals surface area contributed by atoms with Crippen molar-refractivity contribution < 1.29 is 14.3 Å². The molecular weight excluding hydrogens is 408 g/mol. The van der Waals surface area contributed by atoms with E-state index in [1.807, 2.05) is 48.5 Å². The van der Waals surface area contributed by atoms with Gasteiger partial charge in [0.05, 0.1) is 20.8 Å². The molecule has 0 bridgehead atoms. The number of aryl methyl sites for hydroxylation is 1. The van der Waals surface area contributed by atoms with Crippen molar-refractivity contribution in [2.45, 2.75) is 38.3 Å². The number of methoxy groups -OCH3 is 2. The van der Waals surface area contributed by atoms with E-state index in [1.54, 1.807) is 18.8 Å². The Morgan fingerprint density at radius 2 is 1.66 bits per heavy atom. The fourth-order valence-electron chi connectivity index (χ4n) is 3.60. The monoisotopic (exact) mass is 436 g/mol. The average Bonchev–Trinajstić information content (AvgIpc) is 3.61. The molecule has 8 heteroatoms. The Hall–Kier alpha value is -3.55. The number of ether oxygens (including phenoxy) is 2. The van der Waals surface area contributed by atoms with E-state index < -0.39 is 0 Å². The fourth-order valence-corrected chi connectivity index (χ4v) is 3.60. The van der Waals surface area contributed by atoms with Crippen LogP contribution in [0.5, 0.6) is 11.5 Å². The zero-order valence-corrected chi connectivity index (χ0v) is 18.4. The molecule has 1 aromatic heterocycles. The minimum absolute atomic E-state index is 0.0501. The Morgan fingerprint density at radius 3 is 2.25 bits per heavy atom. The predicted molar refractivity (Wildman–Crippen MR) is 121 cm³/mol. The van der Waals surface area contributed by atoms with Gasteiger partial charge in [0.1, 0.15) is 11.5 Å². The van der Waals surface area contributed by atoms with Crippen molar-refractivity contribution in [1.29, 1.82) is 0 Å². The third-order valence-electron chi connectivity index (χ3n) is 5.58. The van der Waals surface area contributed by atoms with Crippen LogP contribution < -0.4 is 20.5 Å². The highest BCUT2D eigenvalue weighted by Crippen LogP contribution is 2.36. The maximum atomic E-state index is 12.9. The number of benzene rings is 2. The highest BCUT2D eigenvalue weighted by Gasteiger charge is 2.30. The van der Waals surface area contributed by atoms with E-state index >= 15 is 0 Å². The molecular formula is C24H28N4O4. The Morgan fingerprint density at radius 1 is 1.03 bits per heavy atom. The van der Waals surface area contributed by atoms with Crippen LogP contribution in [-0.4, -0.2) is 41.0 Å². The lowest BCUT2D eigenvalue weighted by atomic mass is 10.1. The third kappa shape index (κ3) is 5.01. The zero-order chi connectivity index (χ0) is 22.5. The van der Waals surface area contributed by atoms with E-state index in [-0.39, 0.29) is 17.6 Å². The zero-order valence-electron chi connectivity index (χ0n) is 18.4. The first-order valence-corrected chi connectivity index (χ1v) is 10.8. The number of aromatic nitrogens is 3. The minimum Gasteiger partial charge on any atom is -0.497 e. The number of nitrogens with one attached hydrogen (secondary N) is 1. The predicted octanol–water partition coefficient (Wildman–Crippen LogP) is 2.81. The molecule has 1 aliphatic carbocycles. The highest BCUT2D eigenvalue weighted by molar-refractivity contribution is 5.76. The maximum absolute atomic E-state index is 12.9. The molecule has 0 unspecified atom stereocenters. The molecule has 168 valence electrons. The topological polar surface area (TPSA) is 87.4 Å². The number of amides is 1. The molecule has 0 aliphatic heterocycles. The standard InChI is InChI=1S/C24H28N4O4/c1-31-20-10-3-17(4-11-20)5-14-22(29)25-15-16-27-24(30)28(19-8-9-19)23(26-27)18-6-12-21(32-2)13-7-18/h3-4,6-7,10-13,19H,5,8-9,14-16H2,1-2H3,(H,25,29). The SMILES string of the molecule is COc1ccc(CCC(=O)NCCn2nc(-c3ccc(OC)cc3)n(C3CC3)c2=O)cc1. The first-order valence-electron chi connectivity index (χ1n) is 10.8. The van der Waals surface area contributed by atoms with E-state index in [1.165, 1.54) is 4.68 Å². The second kappa shape index (κ2) is 9.72. The molecule has 1 fully saturated rings. The number of carbonyl (C=O) groups excluding carboxylic acids is 1. The molecule has 0 spiro atoms. The van der Waals surface area contributed by atoms with Gasteiger partial charge >= 0.3 is 5.69 Å². The molecule has 2 aromatic carbocycles. The van der Waals surface area contributed by atoms with Gasteiger partial charge in [0, 0.05) is 24.6 Å². The molecule has 8 nitrogen and oxygen atoms in total. The van der Waals surface area contributed by atoms with Gasteiger partial charge in [-0.25, -0.2) is 9.48 Å². The van der Waals surface area contributed by atoms with Crippen LogP contribution in [0.2, 0.25) is 0 Å². The number of rotatable bonds is 10. The molecule has 1 N–H and O–H groups in total. The van der Waals surface area contributed by atoms with Crippen LogP contribution in [0.4, 0.5) is 0 Å². The second-order valence-corrected chi connectivity index (χ2v) is 7.86. The van der Waals surface area contributed by atoms with E-state index in [9.17, 15) is 9.59 Å². The summed E-state index contributed by atoms with van der Waals surface area (Å²) in [6.45, 7) is 0.682. The normalized spacial score (nSPS) is 13.1. The van der Waals surface area contributed by atoms with Gasteiger partial charge < -0.3 is 14.8 Å². The van der Waals surface area contributed by atoms with Gasteiger partial charge in [-0.1, -0.05) is 12.1 Å². The number of carbonyl (C=O) groups is 1. The molecule has 1 amide bonds. The van der Waals surface area contributed by atoms with Crippen molar-refractivity contribution in [3.05, 3.63) is 64.6 Å². The van der Waals surface area contributed by atoms with Crippen molar-refractivity contribution in [2.75, 3.05) is 20.8 Å². The average molecular weight is 437 g/mol. The van der Waals surface area contributed by atoms with Gasteiger partial charge in [-0.05, 0) is 61.2 Å². The fraction of sp³-hybridized carbons (Fsp3) is 0.375. The largest absolute Gasteiger partial charge is 0.497 e. The second-order valence-electron chi connectivity index (χ2n) is 7.86. The van der Waals surface area contributed by atoms with E-state index in [2.05, 4.69) is 10.4 Å². The first-order chi connectivity index (χ1) is 15.6. The third-order valence-corrected chi connectivity index (χ3v) is 5.58. The van der Waals surface area contributed by atoms with E-state index in [4.69, 9.17) is 9.47 Å². The van der Waals surface area contributed by atoms with E-state index in [0.717, 1.165) is 35.5 Å². The Kier molecular flexibility index (Phi) is 6.58. The molecule has 0 atom stereocenters. The molecule has 1 aliphatic rings. The van der Waals surface area contributed by atoms with Crippen LogP contribution >= 0.6 is 0 Å². The molecule has 0 saturated heterocycles. The molecule has 4 rings (SSSR count). The summed E-state index contributed by atoms with van der Waals surface area (Å²) in [6.07, 6.45) is 3.00. The van der Waals surface area contributed by atoms with Crippen molar-refractivity contribution in [3.8, 4) is 22.9 Å². The Labute approximate surface area is 186 Å². The van der Waals surface area contributed by atoms with Crippen LogP contribution in [0.25, 0.3) is 11.4 Å². The maximum Gasteiger partial charge on any atom is 0.346 e. The molecule has 32 heavy (non-hydrogen) atoms. The van der Waals surface area contributed by atoms with Crippen LogP contribution in [0, 0.1) is 0 Å². The summed E-state index contributed by atoms with van der Waals surface area (Å²) in [5.41, 5.74) is 1.81. The van der Waals surface area contributed by atoms with Gasteiger partial charge in [-0.3, -0.25) is 9.36 Å². The van der Waals surface area contributed by atoms with Crippen molar-refractivity contribution in [3.63, 3.8) is 0 Å². The van der Waals surface area contributed by atoms with E-state index in [0.29, 0.717) is 31.8 Å². The molecule has 1 heterocycles. The summed E-state index contributed by atoms with van der Waals surface area (Å²) in [5, 5.41) is 7.46. The van der Waals surface area contributed by atoms with Gasteiger partial charge in [-0.15, -0.1) is 5.10 Å². The Balaban J connectivity index is 1.35.